The number of ether oxygens (including phenoxy) is 2. The number of nitrogens with zero attached hydrogens (tertiary/aromatic N) is 1. The fourth-order valence-electron chi connectivity index (χ4n) is 2.31. The first kappa shape index (κ1) is 15.3. The summed E-state index contributed by atoms with van der Waals surface area (Å²) in [6.45, 7) is 9.02. The van der Waals surface area contributed by atoms with Gasteiger partial charge >= 0.3 is 0 Å². The second-order valence-electron chi connectivity index (χ2n) is 5.96. The molecule has 1 N–H and O–H groups in total. The smallest absolute Gasteiger partial charge is 0.137 e. The van der Waals surface area contributed by atoms with Crippen LogP contribution in [0, 0.1) is 12.8 Å². The predicted octanol–water partition coefficient (Wildman–Crippen LogP) is 2.56. The Morgan fingerprint density at radius 1 is 1.35 bits per heavy atom. The lowest BCUT2D eigenvalue weighted by molar-refractivity contribution is 0.0183. The van der Waals surface area contributed by atoms with E-state index in [1.807, 2.05) is 19.1 Å². The lowest BCUT2D eigenvalue weighted by Crippen LogP contribution is -2.30. The predicted molar refractivity (Wildman–Crippen MR) is 80.1 cm³/mol. The molecule has 1 aliphatic rings. The number of hydrogen-bond donors (Lipinski definition) is 1. The number of aryl methyl sites for hydroxylation is 1. The van der Waals surface area contributed by atoms with Crippen molar-refractivity contribution in [3.05, 3.63) is 24.0 Å². The molecule has 1 aromatic rings. The molecule has 1 saturated heterocycles. The average molecular weight is 278 g/mol. The third kappa shape index (κ3) is 5.10. The molecule has 0 aromatic carbocycles. The summed E-state index contributed by atoms with van der Waals surface area (Å²) in [5.41, 5.74) is 1.01. The third-order valence-electron chi connectivity index (χ3n) is 3.44. The summed E-state index contributed by atoms with van der Waals surface area (Å²) in [6.07, 6.45) is 4.51. The molecule has 0 radical (unpaired) electrons. The van der Waals surface area contributed by atoms with Gasteiger partial charge in [-0.15, -0.1) is 0 Å². The topological polar surface area (TPSA) is 43.4 Å². The normalized spacial score (nSPS) is 22.4. The van der Waals surface area contributed by atoms with Gasteiger partial charge in [0.1, 0.15) is 12.4 Å². The summed E-state index contributed by atoms with van der Waals surface area (Å²) in [5, 5.41) is 3.45. The maximum Gasteiger partial charge on any atom is 0.137 e. The fraction of sp³-hybridized carbons (Fsp3) is 0.688. The van der Waals surface area contributed by atoms with E-state index in [1.54, 1.807) is 6.20 Å². The minimum Gasteiger partial charge on any atom is -0.489 e. The van der Waals surface area contributed by atoms with Crippen molar-refractivity contribution in [1.82, 2.24) is 10.3 Å². The Morgan fingerprint density at radius 3 is 2.85 bits per heavy atom. The molecule has 0 spiro atoms. The lowest BCUT2D eigenvalue weighted by atomic mass is 10.2. The van der Waals surface area contributed by atoms with E-state index in [-0.39, 0.29) is 6.10 Å². The molecule has 112 valence electrons. The van der Waals surface area contributed by atoms with Gasteiger partial charge in [0.25, 0.3) is 0 Å². The van der Waals surface area contributed by atoms with E-state index in [1.165, 1.54) is 0 Å². The molecule has 1 aromatic heterocycles. The Morgan fingerprint density at radius 2 is 2.15 bits per heavy atom. The Bertz CT molecular complexity index is 392. The van der Waals surface area contributed by atoms with E-state index >= 15 is 0 Å². The summed E-state index contributed by atoms with van der Waals surface area (Å²) < 4.78 is 11.7. The van der Waals surface area contributed by atoms with Gasteiger partial charge in [0.05, 0.1) is 18.4 Å². The summed E-state index contributed by atoms with van der Waals surface area (Å²) in [5.74, 6) is 1.50. The van der Waals surface area contributed by atoms with Crippen LogP contribution in [0.25, 0.3) is 0 Å². The van der Waals surface area contributed by atoms with Crippen LogP contribution in [-0.4, -0.2) is 36.9 Å². The van der Waals surface area contributed by atoms with Gasteiger partial charge in [-0.3, -0.25) is 4.98 Å². The SMILES string of the molecule is Cc1ccc(OCC2CCC(CNCC(C)C)O2)cn1. The summed E-state index contributed by atoms with van der Waals surface area (Å²) >= 11 is 0. The zero-order chi connectivity index (χ0) is 14.4. The van der Waals surface area contributed by atoms with Crippen molar-refractivity contribution < 1.29 is 9.47 Å². The van der Waals surface area contributed by atoms with Crippen molar-refractivity contribution in [2.75, 3.05) is 19.7 Å². The van der Waals surface area contributed by atoms with E-state index in [4.69, 9.17) is 9.47 Å². The first-order valence-corrected chi connectivity index (χ1v) is 7.55. The van der Waals surface area contributed by atoms with Crippen LogP contribution >= 0.6 is 0 Å². The maximum atomic E-state index is 5.98. The van der Waals surface area contributed by atoms with Gasteiger partial charge in [0.15, 0.2) is 0 Å². The Labute approximate surface area is 121 Å². The van der Waals surface area contributed by atoms with Crippen LogP contribution in [0.1, 0.15) is 32.4 Å². The van der Waals surface area contributed by atoms with Crippen molar-refractivity contribution in [3.8, 4) is 5.75 Å². The van der Waals surface area contributed by atoms with Crippen molar-refractivity contribution in [2.24, 2.45) is 5.92 Å². The van der Waals surface area contributed by atoms with Gasteiger partial charge in [-0.05, 0) is 44.4 Å². The van der Waals surface area contributed by atoms with Crippen molar-refractivity contribution in [2.45, 2.75) is 45.8 Å². The van der Waals surface area contributed by atoms with Crippen LogP contribution in [0.5, 0.6) is 5.75 Å². The Balaban J connectivity index is 1.64. The number of rotatable bonds is 7. The standard InChI is InChI=1S/C16H26N2O2/c1-12(2)8-17-9-15-6-7-16(20-15)11-19-14-5-4-13(3)18-10-14/h4-5,10,12,15-17H,6-9,11H2,1-3H3. The van der Waals surface area contributed by atoms with Gasteiger partial charge in [-0.25, -0.2) is 0 Å². The van der Waals surface area contributed by atoms with Crippen molar-refractivity contribution in [3.63, 3.8) is 0 Å². The highest BCUT2D eigenvalue weighted by Gasteiger charge is 2.25. The van der Waals surface area contributed by atoms with Crippen LogP contribution in [0.15, 0.2) is 18.3 Å². The summed E-state index contributed by atoms with van der Waals surface area (Å²) in [7, 11) is 0. The Hall–Kier alpha value is -1.13. The molecule has 4 heteroatoms. The molecule has 1 aliphatic heterocycles. The zero-order valence-electron chi connectivity index (χ0n) is 12.8. The molecule has 1 fully saturated rings. The van der Waals surface area contributed by atoms with Crippen molar-refractivity contribution in [1.29, 1.82) is 0 Å². The van der Waals surface area contributed by atoms with Crippen molar-refractivity contribution >= 4 is 0 Å². The van der Waals surface area contributed by atoms with Gasteiger partial charge in [-0.1, -0.05) is 13.8 Å². The minimum absolute atomic E-state index is 0.210. The number of hydrogen-bond acceptors (Lipinski definition) is 4. The molecule has 0 amide bonds. The molecule has 2 atom stereocenters. The molecule has 0 saturated carbocycles. The highest BCUT2D eigenvalue weighted by atomic mass is 16.5. The molecular formula is C16H26N2O2. The van der Waals surface area contributed by atoms with Crippen LogP contribution in [0.3, 0.4) is 0 Å². The fourth-order valence-corrected chi connectivity index (χ4v) is 2.31. The van der Waals surface area contributed by atoms with E-state index in [9.17, 15) is 0 Å². The monoisotopic (exact) mass is 278 g/mol. The molecule has 2 rings (SSSR count). The molecule has 2 unspecified atom stereocenters. The second kappa shape index (κ2) is 7.60. The second-order valence-corrected chi connectivity index (χ2v) is 5.96. The number of aromatic nitrogens is 1. The van der Waals surface area contributed by atoms with E-state index in [0.29, 0.717) is 18.6 Å². The van der Waals surface area contributed by atoms with Crippen LogP contribution in [0.2, 0.25) is 0 Å². The molecule has 4 nitrogen and oxygen atoms in total. The highest BCUT2D eigenvalue weighted by Crippen LogP contribution is 2.20. The summed E-state index contributed by atoms with van der Waals surface area (Å²) in [4.78, 5) is 4.22. The first-order valence-electron chi connectivity index (χ1n) is 7.55. The largest absolute Gasteiger partial charge is 0.489 e. The quantitative estimate of drug-likeness (QED) is 0.832. The average Bonchev–Trinajstić information content (AvgIpc) is 2.86. The number of pyridine rings is 1. The van der Waals surface area contributed by atoms with Gasteiger partial charge in [0.2, 0.25) is 0 Å². The summed E-state index contributed by atoms with van der Waals surface area (Å²) in [6, 6.07) is 3.92. The molecular weight excluding hydrogens is 252 g/mol. The highest BCUT2D eigenvalue weighted by molar-refractivity contribution is 5.19. The molecule has 0 aliphatic carbocycles. The van der Waals surface area contributed by atoms with E-state index in [0.717, 1.165) is 37.4 Å². The van der Waals surface area contributed by atoms with Gasteiger partial charge in [0, 0.05) is 12.2 Å². The van der Waals surface area contributed by atoms with Crippen LogP contribution in [-0.2, 0) is 4.74 Å². The maximum absolute atomic E-state index is 5.98. The Kier molecular flexibility index (Phi) is 5.80. The van der Waals surface area contributed by atoms with Gasteiger partial charge in [-0.2, -0.15) is 0 Å². The van der Waals surface area contributed by atoms with Crippen LogP contribution in [0.4, 0.5) is 0 Å². The van der Waals surface area contributed by atoms with E-state index < -0.39 is 0 Å². The zero-order valence-corrected chi connectivity index (χ0v) is 12.8. The molecule has 2 heterocycles. The molecule has 0 bridgehead atoms. The van der Waals surface area contributed by atoms with Gasteiger partial charge < -0.3 is 14.8 Å². The van der Waals surface area contributed by atoms with Crippen LogP contribution < -0.4 is 10.1 Å². The third-order valence-corrected chi connectivity index (χ3v) is 3.44. The lowest BCUT2D eigenvalue weighted by Gasteiger charge is -2.16. The number of nitrogens with one attached hydrogen (secondary N) is 1. The van der Waals surface area contributed by atoms with E-state index in [2.05, 4.69) is 24.1 Å². The molecule has 20 heavy (non-hydrogen) atoms. The minimum atomic E-state index is 0.210. The first-order chi connectivity index (χ1) is 9.63.